The summed E-state index contributed by atoms with van der Waals surface area (Å²) in [4.78, 5) is 22.8. The topological polar surface area (TPSA) is 88.4 Å². The maximum absolute atomic E-state index is 16.0. The Balaban J connectivity index is 1.55. The van der Waals surface area contributed by atoms with Crippen molar-refractivity contribution in [3.05, 3.63) is 66.4 Å². The number of anilines is 1. The Labute approximate surface area is 205 Å². The summed E-state index contributed by atoms with van der Waals surface area (Å²) in [5, 5.41) is 4.84. The first-order valence-electron chi connectivity index (χ1n) is 11.5. The van der Waals surface area contributed by atoms with Crippen LogP contribution < -0.4 is 4.90 Å². The first-order valence-corrected chi connectivity index (χ1v) is 11.5. The molecule has 1 aliphatic rings. The molecule has 10 heteroatoms. The molecule has 0 fully saturated rings. The Morgan fingerprint density at radius 3 is 2.72 bits per heavy atom. The van der Waals surface area contributed by atoms with Gasteiger partial charge in [-0.3, -0.25) is 19.6 Å². The molecule has 1 aliphatic carbocycles. The lowest BCUT2D eigenvalue weighted by molar-refractivity contribution is 0.592. The Hall–Kier alpha value is -4.47. The van der Waals surface area contributed by atoms with Gasteiger partial charge in [-0.05, 0) is 18.6 Å². The molecular weight excluding hydrogens is 462 g/mol. The monoisotopic (exact) mass is 484 g/mol. The van der Waals surface area contributed by atoms with Crippen LogP contribution in [-0.2, 0) is 7.05 Å². The molecule has 5 aromatic heterocycles. The zero-order chi connectivity index (χ0) is 25.0. The zero-order valence-electron chi connectivity index (χ0n) is 19.9. The fourth-order valence-electron chi connectivity index (χ4n) is 4.46. The highest BCUT2D eigenvalue weighted by molar-refractivity contribution is 5.97. The molecule has 0 spiro atoms. The summed E-state index contributed by atoms with van der Waals surface area (Å²) >= 11 is 0. The van der Waals surface area contributed by atoms with Crippen LogP contribution in [0.2, 0.25) is 0 Å². The van der Waals surface area contributed by atoms with Crippen molar-refractivity contribution < 1.29 is 8.78 Å². The summed E-state index contributed by atoms with van der Waals surface area (Å²) in [6.45, 7) is 0. The highest BCUT2D eigenvalue weighted by atomic mass is 19.1. The first-order chi connectivity index (χ1) is 17.4. The van der Waals surface area contributed by atoms with Gasteiger partial charge in [0, 0.05) is 51.1 Å². The molecule has 0 unspecified atom stereocenters. The van der Waals surface area contributed by atoms with Crippen LogP contribution >= 0.6 is 0 Å². The minimum Gasteiger partial charge on any atom is -0.376 e. The molecule has 6 rings (SSSR count). The van der Waals surface area contributed by atoms with E-state index in [1.165, 1.54) is 0 Å². The lowest BCUT2D eigenvalue weighted by Gasteiger charge is -2.13. The van der Waals surface area contributed by atoms with Crippen LogP contribution in [0.3, 0.4) is 0 Å². The first kappa shape index (κ1) is 22.0. The molecule has 0 amide bonds. The second-order valence-corrected chi connectivity index (χ2v) is 8.88. The van der Waals surface area contributed by atoms with E-state index >= 15 is 4.39 Å². The number of nitrogens with one attached hydrogen (secondary N) is 1. The number of hydrogen-bond donors (Lipinski definition) is 1. The van der Waals surface area contributed by atoms with Gasteiger partial charge < -0.3 is 9.88 Å². The number of hydrogen-bond acceptors (Lipinski definition) is 6. The lowest BCUT2D eigenvalue weighted by atomic mass is 10.0. The number of nitrogens with zero attached hydrogens (tertiary/aromatic N) is 7. The van der Waals surface area contributed by atoms with Crippen molar-refractivity contribution in [3.63, 3.8) is 0 Å². The van der Waals surface area contributed by atoms with Crippen molar-refractivity contribution in [3.8, 4) is 22.8 Å². The summed E-state index contributed by atoms with van der Waals surface area (Å²) in [5.74, 6) is -0.376. The maximum atomic E-state index is 16.0. The molecule has 1 N–H and O–H groups in total. The van der Waals surface area contributed by atoms with Gasteiger partial charge in [0.05, 0.1) is 34.5 Å². The third-order valence-corrected chi connectivity index (χ3v) is 6.34. The molecule has 5 aromatic rings. The van der Waals surface area contributed by atoms with Crippen LogP contribution in [0.1, 0.15) is 18.5 Å². The Kier molecular flexibility index (Phi) is 5.10. The fourth-order valence-corrected chi connectivity index (χ4v) is 4.46. The summed E-state index contributed by atoms with van der Waals surface area (Å²) in [7, 11) is 5.51. The van der Waals surface area contributed by atoms with Crippen LogP contribution in [0, 0.1) is 5.82 Å². The summed E-state index contributed by atoms with van der Waals surface area (Å²) in [5.41, 5.74) is 4.43. The minimum absolute atomic E-state index is 0.172. The molecule has 5 heterocycles. The molecule has 0 saturated heterocycles. The van der Waals surface area contributed by atoms with E-state index in [2.05, 4.69) is 25.0 Å². The predicted octanol–water partition coefficient (Wildman–Crippen LogP) is 5.20. The molecule has 0 radical (unpaired) electrons. The average Bonchev–Trinajstić information content (AvgIpc) is 3.46. The summed E-state index contributed by atoms with van der Waals surface area (Å²) < 4.78 is 32.2. The highest BCUT2D eigenvalue weighted by Gasteiger charge is 2.24. The van der Waals surface area contributed by atoms with Crippen LogP contribution in [0.4, 0.5) is 14.5 Å². The van der Waals surface area contributed by atoms with Crippen LogP contribution in [0.5, 0.6) is 0 Å². The van der Waals surface area contributed by atoms with Gasteiger partial charge in [-0.1, -0.05) is 12.2 Å². The van der Waals surface area contributed by atoms with E-state index in [1.807, 2.05) is 31.1 Å². The lowest BCUT2D eigenvalue weighted by Crippen LogP contribution is -2.09. The molecule has 0 bridgehead atoms. The number of pyridine rings is 3. The standard InChI is InChI=1S/C26H22F2N8/c1-35(2)15-10-14(11-29-12-15)22-21(28)20-19(13-31-22)36(3)34-25(20)26-32-18-8-9-30-23(24(18)33-26)16-6-4-5-7-17(16)27/h4,6,8-13H,5,7H2,1-3H3,(H,32,33). The number of rotatable bonds is 4. The van der Waals surface area contributed by atoms with E-state index in [9.17, 15) is 4.39 Å². The van der Waals surface area contributed by atoms with E-state index in [1.54, 1.807) is 48.7 Å². The van der Waals surface area contributed by atoms with Crippen molar-refractivity contribution in [2.24, 2.45) is 7.05 Å². The Morgan fingerprint density at radius 2 is 1.92 bits per heavy atom. The van der Waals surface area contributed by atoms with Gasteiger partial charge in [-0.25, -0.2) is 13.8 Å². The predicted molar refractivity (Wildman–Crippen MR) is 135 cm³/mol. The Morgan fingerprint density at radius 1 is 1.06 bits per heavy atom. The largest absolute Gasteiger partial charge is 0.376 e. The number of imidazole rings is 1. The van der Waals surface area contributed by atoms with Gasteiger partial charge in [0.15, 0.2) is 11.6 Å². The molecular formula is C26H22F2N8. The smallest absolute Gasteiger partial charge is 0.161 e. The molecule has 0 saturated carbocycles. The van der Waals surface area contributed by atoms with Crippen molar-refractivity contribution in [1.82, 2.24) is 34.7 Å². The normalized spacial score (nSPS) is 13.8. The minimum atomic E-state index is -0.518. The molecule has 180 valence electrons. The van der Waals surface area contributed by atoms with Gasteiger partial charge in [-0.15, -0.1) is 0 Å². The van der Waals surface area contributed by atoms with E-state index < -0.39 is 5.82 Å². The second-order valence-electron chi connectivity index (χ2n) is 8.88. The molecule has 8 nitrogen and oxygen atoms in total. The van der Waals surface area contributed by atoms with Gasteiger partial charge in [0.2, 0.25) is 0 Å². The SMILES string of the molecule is CN(C)c1cncc(-c2ncc3c(c(-c4nc5c(C6=C(F)CCC=C6)nccc5[nH]4)nn3C)c2F)c1. The zero-order valence-corrected chi connectivity index (χ0v) is 19.9. The third kappa shape index (κ3) is 3.44. The van der Waals surface area contributed by atoms with E-state index in [0.717, 1.165) is 5.69 Å². The van der Waals surface area contributed by atoms with Crippen LogP contribution in [-0.4, -0.2) is 48.8 Å². The quantitative estimate of drug-likeness (QED) is 0.377. The molecule has 36 heavy (non-hydrogen) atoms. The van der Waals surface area contributed by atoms with E-state index in [0.29, 0.717) is 57.7 Å². The second kappa shape index (κ2) is 8.33. The van der Waals surface area contributed by atoms with Crippen molar-refractivity contribution in [2.45, 2.75) is 12.8 Å². The Bertz CT molecular complexity index is 1710. The van der Waals surface area contributed by atoms with E-state index in [4.69, 9.17) is 4.98 Å². The van der Waals surface area contributed by atoms with Crippen molar-refractivity contribution in [1.29, 1.82) is 0 Å². The van der Waals surface area contributed by atoms with Gasteiger partial charge in [0.1, 0.15) is 28.4 Å². The number of allylic oxidation sites excluding steroid dienone is 4. The average molecular weight is 485 g/mol. The molecule has 0 aliphatic heterocycles. The number of fused-ring (bicyclic) bond motifs is 2. The van der Waals surface area contributed by atoms with Gasteiger partial charge >= 0.3 is 0 Å². The summed E-state index contributed by atoms with van der Waals surface area (Å²) in [6, 6.07) is 3.59. The van der Waals surface area contributed by atoms with Crippen LogP contribution in [0.25, 0.3) is 50.3 Å². The van der Waals surface area contributed by atoms with Gasteiger partial charge in [0.25, 0.3) is 0 Å². The number of aromatic amines is 1. The maximum Gasteiger partial charge on any atom is 0.161 e. The number of halogens is 2. The summed E-state index contributed by atoms with van der Waals surface area (Å²) in [6.07, 6.45) is 11.1. The van der Waals surface area contributed by atoms with Crippen molar-refractivity contribution in [2.75, 3.05) is 19.0 Å². The number of H-pyrrole nitrogens is 1. The van der Waals surface area contributed by atoms with Crippen molar-refractivity contribution >= 4 is 33.2 Å². The molecule has 0 aromatic carbocycles. The molecule has 0 atom stereocenters. The van der Waals surface area contributed by atoms with E-state index in [-0.39, 0.29) is 16.9 Å². The number of aryl methyl sites for hydroxylation is 1. The number of aromatic nitrogens is 7. The third-order valence-electron chi connectivity index (χ3n) is 6.34. The van der Waals surface area contributed by atoms with Gasteiger partial charge in [-0.2, -0.15) is 5.10 Å². The fraction of sp³-hybridized carbons (Fsp3) is 0.192. The highest BCUT2D eigenvalue weighted by Crippen LogP contribution is 2.36. The van der Waals surface area contributed by atoms with Crippen LogP contribution in [0.15, 0.2) is 54.9 Å².